The fraction of sp³-hybridized carbons (Fsp3) is 0. The maximum absolute atomic E-state index is 7.10. The molecule has 9 aromatic heterocycles. The Balaban J connectivity index is 0.000000135. The summed E-state index contributed by atoms with van der Waals surface area (Å²) >= 11 is 3.71. The third kappa shape index (κ3) is 13.3. The first-order valence-electron chi connectivity index (χ1n) is 48.9. The van der Waals surface area contributed by atoms with Crippen molar-refractivity contribution in [1.82, 2.24) is 48.2 Å². The molecule has 0 spiro atoms. The van der Waals surface area contributed by atoms with Crippen LogP contribution in [-0.4, -0.2) is 48.2 Å². The van der Waals surface area contributed by atoms with Crippen LogP contribution in [-0.2, 0) is 0 Å². The van der Waals surface area contributed by atoms with E-state index in [0.717, 1.165) is 88.7 Å². The van der Waals surface area contributed by atoms with Crippen LogP contribution >= 0.6 is 22.7 Å². The summed E-state index contributed by atoms with van der Waals surface area (Å²) in [7, 11) is 0. The van der Waals surface area contributed by atoms with Gasteiger partial charge in [0.1, 0.15) is 5.58 Å². The number of nitrogens with zero attached hydrogens (tertiary/aromatic N) is 10. The van der Waals surface area contributed by atoms with Crippen LogP contribution in [0.25, 0.3) is 295 Å². The van der Waals surface area contributed by atoms with Crippen molar-refractivity contribution in [3.05, 3.63) is 473 Å². The van der Waals surface area contributed by atoms with Gasteiger partial charge in [-0.05, 0) is 206 Å². The van der Waals surface area contributed by atoms with Crippen LogP contribution in [0.2, 0.25) is 0 Å². The number of para-hydroxylation sites is 6. The predicted molar refractivity (Wildman–Crippen MR) is 606 cm³/mol. The van der Waals surface area contributed by atoms with E-state index in [1.807, 2.05) is 126 Å². The van der Waals surface area contributed by atoms with Crippen molar-refractivity contribution in [2.45, 2.75) is 0 Å². The molecule has 0 saturated heterocycles. The smallest absolute Gasteiger partial charge is 0.167 e. The molecular weight excluding hydrogens is 1810 g/mol. The Hall–Kier alpha value is -18.9. The zero-order valence-corrected chi connectivity index (χ0v) is 79.4. The van der Waals surface area contributed by atoms with Gasteiger partial charge in [0.15, 0.2) is 40.5 Å². The van der Waals surface area contributed by atoms with Gasteiger partial charge in [-0.3, -0.25) is 0 Å². The second-order valence-electron chi connectivity index (χ2n) is 37.4. The van der Waals surface area contributed by atoms with E-state index in [1.165, 1.54) is 172 Å². The zero-order chi connectivity index (χ0) is 95.0. The average Bonchev–Trinajstić information content (AvgIpc) is 1.66. The molecule has 145 heavy (non-hydrogen) atoms. The first-order chi connectivity index (χ1) is 71.9. The normalized spacial score (nSPS) is 12.0. The molecular formula is C132H78N10OS2. The lowest BCUT2D eigenvalue weighted by molar-refractivity contribution is 0.667. The lowest BCUT2D eigenvalue weighted by atomic mass is 9.93. The van der Waals surface area contributed by atoms with Gasteiger partial charge in [-0.15, -0.1) is 22.7 Å². The minimum absolute atomic E-state index is 0.555. The number of furan rings is 1. The molecule has 9 heterocycles. The molecule has 0 aliphatic rings. The largest absolute Gasteiger partial charge is 0.453 e. The molecule has 0 amide bonds. The third-order valence-corrected chi connectivity index (χ3v) is 31.6. The maximum atomic E-state index is 7.10. The molecule has 31 rings (SSSR count). The number of benzene rings is 22. The Labute approximate surface area is 837 Å². The highest BCUT2D eigenvalue weighted by molar-refractivity contribution is 7.26. The van der Waals surface area contributed by atoms with Gasteiger partial charge in [0.25, 0.3) is 0 Å². The molecule has 0 atom stereocenters. The van der Waals surface area contributed by atoms with Gasteiger partial charge in [-0.1, -0.05) is 322 Å². The first kappa shape index (κ1) is 82.0. The van der Waals surface area contributed by atoms with E-state index >= 15 is 0 Å². The van der Waals surface area contributed by atoms with Gasteiger partial charge in [-0.25, -0.2) is 29.9 Å². The molecule has 0 fully saturated rings. The fourth-order valence-corrected chi connectivity index (χ4v) is 24.8. The highest BCUT2D eigenvalue weighted by Crippen LogP contribution is 2.49. The van der Waals surface area contributed by atoms with Crippen molar-refractivity contribution in [3.63, 3.8) is 0 Å². The summed E-state index contributed by atoms with van der Waals surface area (Å²) in [6.45, 7) is 0. The molecule has 13 heteroatoms. The minimum Gasteiger partial charge on any atom is -0.453 e. The second-order valence-corrected chi connectivity index (χ2v) is 39.6. The summed E-state index contributed by atoms with van der Waals surface area (Å²) in [6, 6.07) is 170. The second kappa shape index (κ2) is 32.9. The number of rotatable bonds is 12. The Morgan fingerprint density at radius 3 is 0.848 bits per heavy atom. The molecule has 0 aliphatic carbocycles. The topological polar surface area (TPSA) is 110 Å². The van der Waals surface area contributed by atoms with E-state index in [1.54, 1.807) is 0 Å². The van der Waals surface area contributed by atoms with E-state index in [9.17, 15) is 0 Å². The van der Waals surface area contributed by atoms with Gasteiger partial charge in [0.2, 0.25) is 0 Å². The van der Waals surface area contributed by atoms with E-state index in [-0.39, 0.29) is 0 Å². The van der Waals surface area contributed by atoms with Crippen molar-refractivity contribution in [3.8, 4) is 113 Å². The van der Waals surface area contributed by atoms with Crippen molar-refractivity contribution < 1.29 is 4.42 Å². The lowest BCUT2D eigenvalue weighted by Crippen LogP contribution is -2.00. The number of hydrogen-bond acceptors (Lipinski definition) is 9. The van der Waals surface area contributed by atoms with Gasteiger partial charge in [0, 0.05) is 139 Å². The third-order valence-electron chi connectivity index (χ3n) is 29.3. The summed E-state index contributed by atoms with van der Waals surface area (Å²) in [6.07, 6.45) is 0. The van der Waals surface area contributed by atoms with E-state index in [2.05, 4.69) is 388 Å². The predicted octanol–water partition coefficient (Wildman–Crippen LogP) is 35.6. The minimum atomic E-state index is 0.555. The van der Waals surface area contributed by atoms with E-state index < -0.39 is 0 Å². The van der Waals surface area contributed by atoms with Gasteiger partial charge in [-0.2, -0.15) is 0 Å². The van der Waals surface area contributed by atoms with Gasteiger partial charge < -0.3 is 22.7 Å². The Morgan fingerprint density at radius 2 is 0.428 bits per heavy atom. The SMILES string of the molecule is c1ccc(-c2nc(-c3ccccc3)nc(-c3ccc4c5ccc(-n6c7ccccc7c7cc(-c8ccc9c(c8)c8ccccc8n9-c8ccc9sc%10ccccc%10c9c8)ccc76)cc5c5ccccc5c4c3)n2)cc1.c1ccc(-c2nc(-c3ccccc3)nc(-c3cccc4c3oc3c(-n5c6ccccc6c6cc(-c7ccc8c(c7)c7ccccc7n8-c7ccc8sc9ccccc9c8c7)ccc65)cccc34)n2)cc1. The van der Waals surface area contributed by atoms with Crippen LogP contribution in [0.1, 0.15) is 0 Å². The van der Waals surface area contributed by atoms with Crippen LogP contribution in [0.15, 0.2) is 478 Å². The quantitative estimate of drug-likeness (QED) is 0.112. The van der Waals surface area contributed by atoms with Crippen molar-refractivity contribution in [2.24, 2.45) is 0 Å². The van der Waals surface area contributed by atoms with Crippen molar-refractivity contribution in [2.75, 3.05) is 0 Å². The number of hydrogen-bond donors (Lipinski definition) is 0. The average molecular weight is 1880 g/mol. The van der Waals surface area contributed by atoms with Crippen LogP contribution < -0.4 is 0 Å². The molecule has 0 bridgehead atoms. The summed E-state index contributed by atoms with van der Waals surface area (Å²) in [5.41, 5.74) is 25.5. The highest BCUT2D eigenvalue weighted by atomic mass is 32.1. The summed E-state index contributed by atoms with van der Waals surface area (Å²) in [4.78, 5) is 30.2. The van der Waals surface area contributed by atoms with E-state index in [0.29, 0.717) is 34.9 Å². The standard InChI is InChI=1S/C69H41N5S.C63H37N5OS/c1-3-15-42(16-4-1)67-70-68(43-17-5-2-6-18-43)72-69(71-67)46-27-32-51-52-33-30-47(40-57(52)50-20-8-7-19-49(50)56(51)39-46)73-61-24-12-9-21-53(61)58-37-44(28-34-63(58)73)45-29-35-64-59(38-45)54-22-10-13-25-62(54)74(64)48-31-36-66-60(41-48)55-23-11-14-26-65(55)75-66;1-3-15-38(16-4-1)61-64-62(39-17-5-2-6-18-39)66-63(65-61)48-24-13-22-46-47-23-14-27-56(60(47)69-59(46)48)68-53-26-11-8-20-44(53)50-36-41(30-33-55(50)68)40-29-32-54-49(35-40)43-19-7-10-25-52(43)67(54)42-31-34-58-51(37-42)45-21-9-12-28-57(45)70-58/h1-41H;1-37H. The monoisotopic (exact) mass is 1880 g/mol. The van der Waals surface area contributed by atoms with Crippen molar-refractivity contribution >= 4 is 204 Å². The van der Waals surface area contributed by atoms with Crippen LogP contribution in [0.3, 0.4) is 0 Å². The first-order valence-corrected chi connectivity index (χ1v) is 50.6. The van der Waals surface area contributed by atoms with Gasteiger partial charge in [0.05, 0.1) is 55.4 Å². The Kier molecular flexibility index (Phi) is 18.6. The molecule has 0 saturated carbocycles. The van der Waals surface area contributed by atoms with Crippen LogP contribution in [0, 0.1) is 0 Å². The molecule has 0 N–H and O–H groups in total. The Bertz CT molecular complexity index is 10700. The molecule has 0 radical (unpaired) electrons. The molecule has 22 aromatic carbocycles. The van der Waals surface area contributed by atoms with Crippen molar-refractivity contribution in [1.29, 1.82) is 0 Å². The number of aromatic nitrogens is 10. The summed E-state index contributed by atoms with van der Waals surface area (Å²) in [5, 5.41) is 24.1. The molecule has 0 aliphatic heterocycles. The van der Waals surface area contributed by atoms with Crippen LogP contribution in [0.4, 0.5) is 0 Å². The van der Waals surface area contributed by atoms with Gasteiger partial charge >= 0.3 is 0 Å². The van der Waals surface area contributed by atoms with Crippen LogP contribution in [0.5, 0.6) is 0 Å². The highest BCUT2D eigenvalue weighted by Gasteiger charge is 2.27. The molecule has 31 aromatic rings. The number of fused-ring (bicyclic) bond motifs is 27. The zero-order valence-electron chi connectivity index (χ0n) is 77.7. The summed E-state index contributed by atoms with van der Waals surface area (Å²) < 4.78 is 22.0. The van der Waals surface area contributed by atoms with E-state index in [4.69, 9.17) is 34.3 Å². The lowest BCUT2D eigenvalue weighted by Gasteiger charge is -2.15. The molecule has 11 nitrogen and oxygen atoms in total. The number of thiophene rings is 2. The summed E-state index contributed by atoms with van der Waals surface area (Å²) in [5.74, 6) is 3.71. The Morgan fingerprint density at radius 1 is 0.152 bits per heavy atom. The molecule has 674 valence electrons. The maximum Gasteiger partial charge on any atom is 0.167 e. The molecule has 0 unspecified atom stereocenters. The fourth-order valence-electron chi connectivity index (χ4n) is 22.7.